The molecule has 0 bridgehead atoms. The van der Waals surface area contributed by atoms with Crippen molar-refractivity contribution >= 4 is 33.8 Å². The molecule has 9 heteroatoms. The van der Waals surface area contributed by atoms with Gasteiger partial charge in [-0.2, -0.15) is 4.39 Å². The topological polar surface area (TPSA) is 64.8 Å². The Morgan fingerprint density at radius 3 is 2.80 bits per heavy atom. The standard InChI is InChI=1S/C16H14F2N2O4S/c17-11-7(15-22-4-5-23-15)6-8-13(12(11)18)24-19-14(8)20-9-2-1-3-10(9)25-16(20)21/h6,9-10,15H,1-5H2/t9-,10+/m0/s1. The van der Waals surface area contributed by atoms with Gasteiger partial charge in [-0.3, -0.25) is 9.69 Å². The Kier molecular flexibility index (Phi) is 3.51. The summed E-state index contributed by atoms with van der Waals surface area (Å²) in [7, 11) is 0. The Morgan fingerprint density at radius 1 is 1.20 bits per heavy atom. The van der Waals surface area contributed by atoms with Crippen molar-refractivity contribution < 1.29 is 27.6 Å². The number of aromatic nitrogens is 1. The number of ether oxygens (including phenoxy) is 2. The highest BCUT2D eigenvalue weighted by Crippen LogP contribution is 2.46. The third-order valence-corrected chi connectivity index (χ3v) is 6.21. The molecule has 2 atom stereocenters. The first-order valence-electron chi connectivity index (χ1n) is 8.15. The number of nitrogens with zero attached hydrogens (tertiary/aromatic N) is 2. The molecule has 0 unspecified atom stereocenters. The second-order valence-electron chi connectivity index (χ2n) is 6.34. The summed E-state index contributed by atoms with van der Waals surface area (Å²) in [6, 6.07) is 1.43. The first-order valence-corrected chi connectivity index (χ1v) is 9.03. The smallest absolute Gasteiger partial charge is 0.287 e. The number of hydrogen-bond donors (Lipinski definition) is 0. The maximum Gasteiger partial charge on any atom is 0.287 e. The highest BCUT2D eigenvalue weighted by atomic mass is 32.2. The zero-order valence-electron chi connectivity index (χ0n) is 13.0. The van der Waals surface area contributed by atoms with Crippen LogP contribution in [0.1, 0.15) is 31.1 Å². The SMILES string of the molecule is O=C1S[C@@H]2CCC[C@@H]2N1c1noc2c(F)c(F)c(C3OCCO3)cc12. The fourth-order valence-electron chi connectivity index (χ4n) is 3.81. The van der Waals surface area contributed by atoms with E-state index in [0.717, 1.165) is 19.3 Å². The van der Waals surface area contributed by atoms with Crippen LogP contribution in [0, 0.1) is 11.6 Å². The second kappa shape index (κ2) is 5.65. The molecule has 2 aromatic rings. The quantitative estimate of drug-likeness (QED) is 0.805. The first-order chi connectivity index (χ1) is 12.1. The Bertz CT molecular complexity index is 867. The Labute approximate surface area is 145 Å². The third-order valence-electron chi connectivity index (χ3n) is 4.96. The van der Waals surface area contributed by atoms with Gasteiger partial charge in [0.1, 0.15) is 0 Å². The molecule has 2 aliphatic heterocycles. The number of carbonyl (C=O) groups is 1. The van der Waals surface area contributed by atoms with Gasteiger partial charge in [-0.15, -0.1) is 0 Å². The molecule has 0 spiro atoms. The van der Waals surface area contributed by atoms with Crippen molar-refractivity contribution in [3.63, 3.8) is 0 Å². The molecule has 0 N–H and O–H groups in total. The van der Waals surface area contributed by atoms with E-state index in [9.17, 15) is 13.6 Å². The van der Waals surface area contributed by atoms with Gasteiger partial charge in [0, 0.05) is 10.8 Å². The molecular formula is C16H14F2N2O4S. The van der Waals surface area contributed by atoms with Gasteiger partial charge in [-0.1, -0.05) is 23.3 Å². The highest BCUT2D eigenvalue weighted by molar-refractivity contribution is 8.14. The molecule has 1 amide bonds. The van der Waals surface area contributed by atoms with Crippen molar-refractivity contribution in [1.29, 1.82) is 0 Å². The van der Waals surface area contributed by atoms with E-state index in [0.29, 0.717) is 13.2 Å². The van der Waals surface area contributed by atoms with Crippen molar-refractivity contribution in [2.45, 2.75) is 36.8 Å². The van der Waals surface area contributed by atoms with Crippen LogP contribution >= 0.6 is 11.8 Å². The van der Waals surface area contributed by atoms with Gasteiger partial charge in [0.2, 0.25) is 11.4 Å². The number of rotatable bonds is 2. The molecule has 132 valence electrons. The van der Waals surface area contributed by atoms with Crippen LogP contribution in [-0.4, -0.2) is 34.9 Å². The number of hydrogen-bond acceptors (Lipinski definition) is 6. The van der Waals surface area contributed by atoms with Crippen LogP contribution in [0.3, 0.4) is 0 Å². The van der Waals surface area contributed by atoms with Crippen LogP contribution in [0.25, 0.3) is 11.0 Å². The summed E-state index contributed by atoms with van der Waals surface area (Å²) in [5.74, 6) is -1.99. The third kappa shape index (κ3) is 2.22. The first kappa shape index (κ1) is 15.5. The molecule has 3 aliphatic rings. The maximum atomic E-state index is 14.4. The predicted octanol–water partition coefficient (Wildman–Crippen LogP) is 3.75. The van der Waals surface area contributed by atoms with Gasteiger partial charge in [0.05, 0.1) is 24.6 Å². The molecule has 2 saturated heterocycles. The van der Waals surface area contributed by atoms with Gasteiger partial charge < -0.3 is 14.0 Å². The summed E-state index contributed by atoms with van der Waals surface area (Å²) in [5, 5.41) is 4.22. The Hall–Kier alpha value is -1.71. The van der Waals surface area contributed by atoms with Crippen LogP contribution in [0.4, 0.5) is 19.4 Å². The monoisotopic (exact) mass is 368 g/mol. The van der Waals surface area contributed by atoms with Crippen LogP contribution in [-0.2, 0) is 9.47 Å². The molecule has 1 aromatic carbocycles. The van der Waals surface area contributed by atoms with Gasteiger partial charge in [0.15, 0.2) is 17.9 Å². The molecule has 5 rings (SSSR count). The minimum absolute atomic E-state index is 0.0151. The van der Waals surface area contributed by atoms with E-state index in [-0.39, 0.29) is 38.9 Å². The number of thioether (sulfide) groups is 1. The molecule has 6 nitrogen and oxygen atoms in total. The fraction of sp³-hybridized carbons (Fsp3) is 0.500. The summed E-state index contributed by atoms with van der Waals surface area (Å²) in [6.45, 7) is 0.622. The van der Waals surface area contributed by atoms with E-state index in [4.69, 9.17) is 14.0 Å². The summed E-state index contributed by atoms with van der Waals surface area (Å²) in [5.41, 5.74) is -0.345. The van der Waals surface area contributed by atoms with E-state index in [1.54, 1.807) is 4.90 Å². The minimum Gasteiger partial charge on any atom is -0.351 e. The van der Waals surface area contributed by atoms with Gasteiger partial charge in [0.25, 0.3) is 5.24 Å². The molecule has 3 fully saturated rings. The molecule has 1 aromatic heterocycles. The van der Waals surface area contributed by atoms with Crippen LogP contribution in [0.15, 0.2) is 10.6 Å². The summed E-state index contributed by atoms with van der Waals surface area (Å²) < 4.78 is 44.4. The Morgan fingerprint density at radius 2 is 2.00 bits per heavy atom. The molecular weight excluding hydrogens is 354 g/mol. The minimum atomic E-state index is -1.15. The average molecular weight is 368 g/mol. The number of fused-ring (bicyclic) bond motifs is 2. The number of benzene rings is 1. The second-order valence-corrected chi connectivity index (χ2v) is 7.53. The van der Waals surface area contributed by atoms with Crippen molar-refractivity contribution in [1.82, 2.24) is 5.16 Å². The van der Waals surface area contributed by atoms with E-state index in [1.165, 1.54) is 17.8 Å². The normalized spacial score (nSPS) is 27.0. The summed E-state index contributed by atoms with van der Waals surface area (Å²) in [6.07, 6.45) is 1.89. The Balaban J connectivity index is 1.65. The molecule has 0 radical (unpaired) electrons. The number of amides is 1. The lowest BCUT2D eigenvalue weighted by Gasteiger charge is -2.20. The lowest BCUT2D eigenvalue weighted by atomic mass is 10.1. The summed E-state index contributed by atoms with van der Waals surface area (Å²) >= 11 is 1.28. The molecule has 1 saturated carbocycles. The van der Waals surface area contributed by atoms with Gasteiger partial charge in [-0.05, 0) is 18.9 Å². The number of carbonyl (C=O) groups excluding carboxylic acids is 1. The molecule has 1 aliphatic carbocycles. The largest absolute Gasteiger partial charge is 0.351 e. The van der Waals surface area contributed by atoms with Gasteiger partial charge in [-0.25, -0.2) is 4.39 Å². The molecule has 3 heterocycles. The highest BCUT2D eigenvalue weighted by Gasteiger charge is 2.46. The zero-order chi connectivity index (χ0) is 17.1. The zero-order valence-corrected chi connectivity index (χ0v) is 13.9. The van der Waals surface area contributed by atoms with Crippen molar-refractivity contribution in [3.8, 4) is 0 Å². The van der Waals surface area contributed by atoms with Crippen molar-refractivity contribution in [2.24, 2.45) is 0 Å². The van der Waals surface area contributed by atoms with E-state index < -0.39 is 17.9 Å². The van der Waals surface area contributed by atoms with Crippen molar-refractivity contribution in [2.75, 3.05) is 18.1 Å². The molecule has 25 heavy (non-hydrogen) atoms. The van der Waals surface area contributed by atoms with E-state index in [1.807, 2.05) is 0 Å². The van der Waals surface area contributed by atoms with Gasteiger partial charge >= 0.3 is 0 Å². The summed E-state index contributed by atoms with van der Waals surface area (Å²) in [4.78, 5) is 14.0. The lowest BCUT2D eigenvalue weighted by molar-refractivity contribution is -0.0467. The fourth-order valence-corrected chi connectivity index (χ4v) is 5.10. The van der Waals surface area contributed by atoms with Crippen LogP contribution < -0.4 is 4.90 Å². The van der Waals surface area contributed by atoms with E-state index >= 15 is 0 Å². The number of anilines is 1. The average Bonchev–Trinajstić information content (AvgIpc) is 3.34. The number of halogens is 2. The maximum absolute atomic E-state index is 14.4. The van der Waals surface area contributed by atoms with Crippen LogP contribution in [0.2, 0.25) is 0 Å². The predicted molar refractivity (Wildman–Crippen MR) is 85.5 cm³/mol. The lowest BCUT2D eigenvalue weighted by Crippen LogP contribution is -2.34. The van der Waals surface area contributed by atoms with Crippen molar-refractivity contribution in [3.05, 3.63) is 23.3 Å². The van der Waals surface area contributed by atoms with E-state index in [2.05, 4.69) is 5.16 Å². The van der Waals surface area contributed by atoms with Crippen LogP contribution in [0.5, 0.6) is 0 Å².